The molecule has 3 aromatic carbocycles. The molecule has 0 saturated carbocycles. The maximum atomic E-state index is 12.2. The second-order valence-electron chi connectivity index (χ2n) is 7.82. The lowest BCUT2D eigenvalue weighted by Crippen LogP contribution is -2.30. The monoisotopic (exact) mass is 433 g/mol. The molecule has 0 aromatic heterocycles. The third kappa shape index (κ3) is 4.60. The van der Waals surface area contributed by atoms with Crippen LogP contribution < -0.4 is 16.6 Å². The molecule has 0 spiro atoms. The van der Waals surface area contributed by atoms with E-state index in [0.29, 0.717) is 11.3 Å². The van der Waals surface area contributed by atoms with Crippen LogP contribution in [0.25, 0.3) is 11.1 Å². The Morgan fingerprint density at radius 2 is 1.62 bits per heavy atom. The number of anilines is 1. The van der Waals surface area contributed by atoms with E-state index in [1.54, 1.807) is 24.3 Å². The van der Waals surface area contributed by atoms with Gasteiger partial charge in [0.25, 0.3) is 0 Å². The third-order valence-electron chi connectivity index (χ3n) is 5.81. The van der Waals surface area contributed by atoms with Crippen LogP contribution in [-0.4, -0.2) is 35.6 Å². The van der Waals surface area contributed by atoms with Crippen molar-refractivity contribution in [3.05, 3.63) is 89.5 Å². The van der Waals surface area contributed by atoms with Crippen LogP contribution in [0.15, 0.2) is 72.8 Å². The molecule has 4 rings (SSSR count). The van der Waals surface area contributed by atoms with Gasteiger partial charge in [0, 0.05) is 18.2 Å². The second-order valence-corrected chi connectivity index (χ2v) is 7.82. The number of carbonyl (C=O) groups excluding carboxylic acids is 1. The highest BCUT2D eigenvalue weighted by molar-refractivity contribution is 5.79. The average Bonchev–Trinajstić information content (AvgIpc) is 3.16. The molecular formula is C25H27N3O4. The summed E-state index contributed by atoms with van der Waals surface area (Å²) in [6, 6.07) is 23.1. The molecule has 1 amide bonds. The summed E-state index contributed by atoms with van der Waals surface area (Å²) in [7, 11) is 0. The zero-order chi connectivity index (χ0) is 22.5. The summed E-state index contributed by atoms with van der Waals surface area (Å²) in [5.74, 6) is 5.37. The van der Waals surface area contributed by atoms with Crippen molar-refractivity contribution in [2.24, 2.45) is 5.84 Å². The highest BCUT2D eigenvalue weighted by Crippen LogP contribution is 2.44. The first kappa shape index (κ1) is 21.8. The van der Waals surface area contributed by atoms with E-state index in [-0.39, 0.29) is 25.5 Å². The summed E-state index contributed by atoms with van der Waals surface area (Å²) in [4.78, 5) is 12.2. The quantitative estimate of drug-likeness (QED) is 0.275. The number of hydrazine groups is 1. The lowest BCUT2D eigenvalue weighted by atomic mass is 9.98. The van der Waals surface area contributed by atoms with Crippen molar-refractivity contribution < 1.29 is 19.7 Å². The minimum atomic E-state index is -1.09. The van der Waals surface area contributed by atoms with Crippen molar-refractivity contribution in [2.75, 3.05) is 18.6 Å². The van der Waals surface area contributed by atoms with E-state index < -0.39 is 18.3 Å². The number of aliphatic hydroxyl groups is 2. The van der Waals surface area contributed by atoms with Crippen molar-refractivity contribution >= 4 is 11.8 Å². The number of nitrogens with one attached hydrogen (secondary N) is 2. The van der Waals surface area contributed by atoms with Gasteiger partial charge in [-0.05, 0) is 46.4 Å². The first-order valence-corrected chi connectivity index (χ1v) is 10.6. The highest BCUT2D eigenvalue weighted by Gasteiger charge is 2.29. The van der Waals surface area contributed by atoms with E-state index in [2.05, 4.69) is 35.0 Å². The number of carbonyl (C=O) groups is 1. The van der Waals surface area contributed by atoms with E-state index >= 15 is 0 Å². The van der Waals surface area contributed by atoms with E-state index in [0.717, 1.165) is 11.1 Å². The van der Waals surface area contributed by atoms with Gasteiger partial charge in [-0.25, -0.2) is 4.79 Å². The Morgan fingerprint density at radius 3 is 2.28 bits per heavy atom. The summed E-state index contributed by atoms with van der Waals surface area (Å²) >= 11 is 0. The Morgan fingerprint density at radius 1 is 0.969 bits per heavy atom. The van der Waals surface area contributed by atoms with Gasteiger partial charge in [0.05, 0.1) is 6.10 Å². The Labute approximate surface area is 186 Å². The molecule has 1 aliphatic rings. The summed E-state index contributed by atoms with van der Waals surface area (Å²) in [5.41, 5.74) is 8.30. The number of hydrogen-bond donors (Lipinski definition) is 5. The average molecular weight is 434 g/mol. The van der Waals surface area contributed by atoms with Gasteiger partial charge in [-0.3, -0.25) is 5.84 Å². The summed E-state index contributed by atoms with van der Waals surface area (Å²) in [6.07, 6.45) is -2.52. The Hall–Kier alpha value is -3.39. The van der Waals surface area contributed by atoms with Crippen molar-refractivity contribution in [1.29, 1.82) is 0 Å². The maximum absolute atomic E-state index is 12.2. The van der Waals surface area contributed by atoms with Crippen LogP contribution in [0.3, 0.4) is 0 Å². The number of nitrogens with two attached hydrogens (primary N) is 1. The third-order valence-corrected chi connectivity index (χ3v) is 5.81. The fourth-order valence-electron chi connectivity index (χ4n) is 4.16. The van der Waals surface area contributed by atoms with E-state index in [1.807, 2.05) is 24.3 Å². The van der Waals surface area contributed by atoms with Crippen LogP contribution >= 0.6 is 0 Å². The van der Waals surface area contributed by atoms with Crippen molar-refractivity contribution in [3.63, 3.8) is 0 Å². The highest BCUT2D eigenvalue weighted by atomic mass is 16.5. The van der Waals surface area contributed by atoms with Crippen LogP contribution in [0.5, 0.6) is 0 Å². The molecule has 7 heteroatoms. The lowest BCUT2D eigenvalue weighted by molar-refractivity contribution is 0.0137. The van der Waals surface area contributed by atoms with Crippen molar-refractivity contribution in [2.45, 2.75) is 24.5 Å². The van der Waals surface area contributed by atoms with Crippen LogP contribution in [-0.2, 0) is 4.74 Å². The molecule has 1 aliphatic carbocycles. The second kappa shape index (κ2) is 9.82. The van der Waals surface area contributed by atoms with Crippen molar-refractivity contribution in [1.82, 2.24) is 5.32 Å². The Balaban J connectivity index is 1.28. The molecule has 0 aliphatic heterocycles. The van der Waals surface area contributed by atoms with Crippen LogP contribution in [0, 0.1) is 0 Å². The topological polar surface area (TPSA) is 117 Å². The predicted molar refractivity (Wildman–Crippen MR) is 123 cm³/mol. The molecule has 2 atom stereocenters. The number of rotatable bonds is 8. The number of aliphatic hydroxyl groups excluding tert-OH is 2. The van der Waals surface area contributed by atoms with Gasteiger partial charge >= 0.3 is 6.09 Å². The van der Waals surface area contributed by atoms with Crippen LogP contribution in [0.1, 0.15) is 35.1 Å². The molecule has 7 nitrogen and oxygen atoms in total. The van der Waals surface area contributed by atoms with E-state index in [9.17, 15) is 15.0 Å². The van der Waals surface area contributed by atoms with Gasteiger partial charge in [-0.15, -0.1) is 0 Å². The molecular weight excluding hydrogens is 406 g/mol. The fraction of sp³-hybridized carbons (Fsp3) is 0.240. The molecule has 166 valence electrons. The maximum Gasteiger partial charge on any atom is 0.407 e. The van der Waals surface area contributed by atoms with E-state index in [4.69, 9.17) is 10.6 Å². The smallest absolute Gasteiger partial charge is 0.407 e. The first-order valence-electron chi connectivity index (χ1n) is 10.6. The number of fused-ring (bicyclic) bond motifs is 3. The van der Waals surface area contributed by atoms with Crippen LogP contribution in [0.2, 0.25) is 0 Å². The predicted octanol–water partition coefficient (Wildman–Crippen LogP) is 3.30. The van der Waals surface area contributed by atoms with E-state index in [1.165, 1.54) is 11.1 Å². The number of benzene rings is 3. The van der Waals surface area contributed by atoms with Gasteiger partial charge < -0.3 is 25.7 Å². The van der Waals surface area contributed by atoms with Gasteiger partial charge in [0.2, 0.25) is 0 Å². The number of alkyl carbamates (subject to hydrolysis) is 1. The summed E-state index contributed by atoms with van der Waals surface area (Å²) < 4.78 is 5.48. The van der Waals surface area contributed by atoms with Crippen LogP contribution in [0.4, 0.5) is 10.5 Å². The van der Waals surface area contributed by atoms with Gasteiger partial charge in [0.15, 0.2) is 0 Å². The largest absolute Gasteiger partial charge is 0.449 e. The fourth-order valence-corrected chi connectivity index (χ4v) is 4.16. The molecule has 32 heavy (non-hydrogen) atoms. The van der Waals surface area contributed by atoms with Gasteiger partial charge in [0.1, 0.15) is 12.7 Å². The van der Waals surface area contributed by atoms with Gasteiger partial charge in [-0.1, -0.05) is 60.7 Å². The normalized spacial score (nSPS) is 14.2. The standard InChI is InChI=1S/C25H27N3O4/c26-28-17-7-5-6-16(14-17)24(30)23(29)12-13-27-25(31)32-15-22-20-10-3-1-8-18(20)19-9-2-4-11-21(19)22/h1-11,14,22-24,28-30H,12-13,15,26H2,(H,27,31). The molecule has 0 heterocycles. The number of hydrogen-bond acceptors (Lipinski definition) is 6. The lowest BCUT2D eigenvalue weighted by Gasteiger charge is -2.19. The zero-order valence-corrected chi connectivity index (χ0v) is 17.6. The number of amides is 1. The molecule has 3 aromatic rings. The molecule has 0 radical (unpaired) electrons. The van der Waals surface area contributed by atoms with Crippen molar-refractivity contribution in [3.8, 4) is 11.1 Å². The summed E-state index contributed by atoms with van der Waals surface area (Å²) in [5, 5.41) is 23.3. The Kier molecular flexibility index (Phi) is 6.70. The molecule has 0 bridgehead atoms. The van der Waals surface area contributed by atoms with Gasteiger partial charge in [-0.2, -0.15) is 0 Å². The summed E-state index contributed by atoms with van der Waals surface area (Å²) in [6.45, 7) is 0.396. The molecule has 2 unspecified atom stereocenters. The minimum absolute atomic E-state index is 0.0102. The zero-order valence-electron chi connectivity index (χ0n) is 17.6. The SMILES string of the molecule is NNc1cccc(C(O)C(O)CCNC(=O)OCC2c3ccccc3-c3ccccc32)c1. The molecule has 6 N–H and O–H groups in total. The Bertz CT molecular complexity index is 1040. The minimum Gasteiger partial charge on any atom is -0.449 e. The number of nitrogen functional groups attached to an aromatic ring is 1. The molecule has 0 fully saturated rings. The first-order chi connectivity index (χ1) is 15.6. The number of ether oxygens (including phenoxy) is 1. The molecule has 0 saturated heterocycles.